The van der Waals surface area contributed by atoms with Gasteiger partial charge in [-0.2, -0.15) is 0 Å². The summed E-state index contributed by atoms with van der Waals surface area (Å²) in [4.78, 5) is 12.9. The molecule has 1 unspecified atom stereocenters. The van der Waals surface area contributed by atoms with Crippen molar-refractivity contribution in [1.29, 1.82) is 0 Å². The SMILES string of the molecule is CCCCCCCCCCCCCCCCCC(=O)[O-].CCCCCCCCCCCCCCCCCC1[NH2+]CCN1CC. The second kappa shape index (κ2) is 36.9. The number of hydrogen-bond acceptors (Lipinski definition) is 3. The van der Waals surface area contributed by atoms with Gasteiger partial charge in [-0.25, -0.2) is 4.90 Å². The van der Waals surface area contributed by atoms with Gasteiger partial charge < -0.3 is 15.2 Å². The molecule has 0 radical (unpaired) electrons. The molecule has 0 aromatic carbocycles. The predicted molar refractivity (Wildman–Crippen MR) is 192 cm³/mol. The number of quaternary nitrogens is 1. The summed E-state index contributed by atoms with van der Waals surface area (Å²) in [5, 5.41) is 12.8. The van der Waals surface area contributed by atoms with Crippen LogP contribution in [0, 0.1) is 0 Å². The molecule has 0 aromatic heterocycles. The Kier molecular flexibility index (Phi) is 36.3. The topological polar surface area (TPSA) is 60.0 Å². The Morgan fingerprint density at radius 1 is 0.523 bits per heavy atom. The van der Waals surface area contributed by atoms with E-state index in [9.17, 15) is 9.90 Å². The van der Waals surface area contributed by atoms with Gasteiger partial charge >= 0.3 is 0 Å². The second-order valence-electron chi connectivity index (χ2n) is 14.0. The molecule has 2 N–H and O–H groups in total. The van der Waals surface area contributed by atoms with Crippen LogP contribution in [0.1, 0.15) is 226 Å². The first kappa shape index (κ1) is 43.4. The van der Waals surface area contributed by atoms with Crippen LogP contribution in [-0.2, 0) is 4.79 Å². The summed E-state index contributed by atoms with van der Waals surface area (Å²) in [7, 11) is 0. The number of nitrogens with two attached hydrogens (primary N) is 1. The smallest absolute Gasteiger partial charge is 0.142 e. The number of carboxylic acid groups (broad SMARTS) is 1. The average Bonchev–Trinajstić information content (AvgIpc) is 3.49. The van der Waals surface area contributed by atoms with E-state index in [1.165, 1.54) is 206 Å². The maximum Gasteiger partial charge on any atom is 0.142 e. The number of carbonyl (C=O) groups is 1. The molecule has 1 heterocycles. The van der Waals surface area contributed by atoms with Gasteiger partial charge in [0.2, 0.25) is 0 Å². The first-order valence-electron chi connectivity index (χ1n) is 20.4. The summed E-state index contributed by atoms with van der Waals surface area (Å²) < 4.78 is 0. The molecule has 264 valence electrons. The van der Waals surface area contributed by atoms with Gasteiger partial charge in [0.15, 0.2) is 0 Å². The highest BCUT2D eigenvalue weighted by molar-refractivity contribution is 5.64. The molecule has 1 saturated heterocycles. The number of nitrogens with zero attached hydrogens (tertiary/aromatic N) is 1. The van der Waals surface area contributed by atoms with Crippen LogP contribution in [0.4, 0.5) is 0 Å². The first-order chi connectivity index (χ1) is 21.7. The van der Waals surface area contributed by atoms with Gasteiger partial charge in [-0.1, -0.05) is 201 Å². The van der Waals surface area contributed by atoms with Gasteiger partial charge in [0.1, 0.15) is 6.17 Å². The van der Waals surface area contributed by atoms with Crippen molar-refractivity contribution in [3.05, 3.63) is 0 Å². The van der Waals surface area contributed by atoms with Crippen molar-refractivity contribution >= 4 is 5.97 Å². The lowest BCUT2D eigenvalue weighted by molar-refractivity contribution is -0.680. The molecule has 1 fully saturated rings. The van der Waals surface area contributed by atoms with Crippen LogP contribution in [0.25, 0.3) is 0 Å². The zero-order chi connectivity index (χ0) is 32.2. The molecule has 1 aliphatic rings. The number of carbonyl (C=O) groups excluding carboxylic acids is 1. The van der Waals surface area contributed by atoms with Crippen LogP contribution < -0.4 is 10.4 Å². The molecule has 44 heavy (non-hydrogen) atoms. The van der Waals surface area contributed by atoms with E-state index in [2.05, 4.69) is 31.0 Å². The van der Waals surface area contributed by atoms with Crippen molar-refractivity contribution in [3.63, 3.8) is 0 Å². The Labute approximate surface area is 277 Å². The highest BCUT2D eigenvalue weighted by atomic mass is 16.4. The molecule has 0 aromatic rings. The minimum atomic E-state index is -0.903. The van der Waals surface area contributed by atoms with Crippen molar-refractivity contribution in [2.24, 2.45) is 0 Å². The van der Waals surface area contributed by atoms with Crippen molar-refractivity contribution in [3.8, 4) is 0 Å². The van der Waals surface area contributed by atoms with Gasteiger partial charge in [0.25, 0.3) is 0 Å². The summed E-state index contributed by atoms with van der Waals surface area (Å²) >= 11 is 0. The Morgan fingerprint density at radius 2 is 0.841 bits per heavy atom. The summed E-state index contributed by atoms with van der Waals surface area (Å²) in [6, 6.07) is 0. The summed E-state index contributed by atoms with van der Waals surface area (Å²) in [6.45, 7) is 10.7. The highest BCUT2D eigenvalue weighted by Gasteiger charge is 2.25. The lowest BCUT2D eigenvalue weighted by atomic mass is 10.0. The number of carboxylic acids is 1. The predicted octanol–water partition coefficient (Wildman–Crippen LogP) is 10.5. The summed E-state index contributed by atoms with van der Waals surface area (Å²) in [5.74, 6) is -0.903. The van der Waals surface area contributed by atoms with Gasteiger partial charge in [-0.3, -0.25) is 0 Å². The van der Waals surface area contributed by atoms with Crippen molar-refractivity contribution in [2.75, 3.05) is 19.6 Å². The van der Waals surface area contributed by atoms with Crippen molar-refractivity contribution in [1.82, 2.24) is 4.90 Å². The van der Waals surface area contributed by atoms with Crippen LogP contribution in [-0.4, -0.2) is 36.7 Å². The maximum absolute atomic E-state index is 10.2. The molecule has 0 aliphatic carbocycles. The Morgan fingerprint density at radius 3 is 1.16 bits per heavy atom. The molecule has 4 nitrogen and oxygen atoms in total. The monoisotopic (exact) mass is 623 g/mol. The van der Waals surface area contributed by atoms with E-state index in [1.54, 1.807) is 0 Å². The molecule has 0 saturated carbocycles. The maximum atomic E-state index is 10.2. The third-order valence-corrected chi connectivity index (χ3v) is 9.82. The lowest BCUT2D eigenvalue weighted by Gasteiger charge is -2.18. The molecule has 0 amide bonds. The Bertz CT molecular complexity index is 555. The third kappa shape index (κ3) is 32.8. The van der Waals surface area contributed by atoms with Gasteiger partial charge in [0, 0.05) is 18.9 Å². The number of unbranched alkanes of at least 4 members (excludes halogenated alkanes) is 28. The van der Waals surface area contributed by atoms with Crippen LogP contribution >= 0.6 is 0 Å². The number of rotatable bonds is 33. The Hall–Kier alpha value is -0.610. The molecule has 1 rings (SSSR count). The zero-order valence-corrected chi connectivity index (χ0v) is 30.7. The summed E-state index contributed by atoms with van der Waals surface area (Å²) in [5.41, 5.74) is 0. The fourth-order valence-electron chi connectivity index (χ4n) is 6.81. The van der Waals surface area contributed by atoms with Crippen molar-refractivity contribution < 1.29 is 15.2 Å². The van der Waals surface area contributed by atoms with Crippen molar-refractivity contribution in [2.45, 2.75) is 232 Å². The van der Waals surface area contributed by atoms with Gasteiger partial charge in [-0.15, -0.1) is 0 Å². The number of aliphatic carboxylic acids is 1. The Balaban J connectivity index is 0.000000856. The minimum Gasteiger partial charge on any atom is -0.550 e. The fraction of sp³-hybridized carbons (Fsp3) is 0.975. The molecular formula is C40H82N2O2. The quantitative estimate of drug-likeness (QED) is 0.0741. The van der Waals surface area contributed by atoms with Crippen LogP contribution in [0.2, 0.25) is 0 Å². The second-order valence-corrected chi connectivity index (χ2v) is 14.0. The largest absolute Gasteiger partial charge is 0.550 e. The van der Waals surface area contributed by atoms with E-state index in [0.717, 1.165) is 19.0 Å². The van der Waals surface area contributed by atoms with E-state index in [-0.39, 0.29) is 6.42 Å². The third-order valence-electron chi connectivity index (χ3n) is 9.82. The van der Waals surface area contributed by atoms with E-state index < -0.39 is 5.97 Å². The standard InChI is InChI=1S/C22H46N2.C18H36O2/c1-3-5-6-7-8-9-10-11-12-13-14-15-16-17-18-19-22-23-20-21-24(22)4-2;1-2-3-4-5-6-7-8-9-10-11-12-13-14-15-16-17-18(19)20/h22-23H,3-21H2,1-2H3;2-17H2,1H3,(H,19,20). The first-order valence-corrected chi connectivity index (χ1v) is 20.4. The van der Waals surface area contributed by atoms with E-state index in [4.69, 9.17) is 0 Å². The molecule has 0 bridgehead atoms. The lowest BCUT2D eigenvalue weighted by Crippen LogP contribution is -2.88. The van der Waals surface area contributed by atoms with Crippen LogP contribution in [0.15, 0.2) is 0 Å². The van der Waals surface area contributed by atoms with Gasteiger partial charge in [-0.05, 0) is 19.3 Å². The molecule has 0 spiro atoms. The molecule has 4 heteroatoms. The minimum absolute atomic E-state index is 0.234. The number of likely N-dealkylation sites (N-methyl/N-ethyl adjacent to an activating group) is 1. The highest BCUT2D eigenvalue weighted by Crippen LogP contribution is 2.15. The van der Waals surface area contributed by atoms with Gasteiger partial charge in [0.05, 0.1) is 13.1 Å². The van der Waals surface area contributed by atoms with Crippen LogP contribution in [0.5, 0.6) is 0 Å². The normalized spacial score (nSPS) is 15.0. The van der Waals surface area contributed by atoms with E-state index in [0.29, 0.717) is 0 Å². The number of hydrogen-bond donors (Lipinski definition) is 1. The van der Waals surface area contributed by atoms with E-state index >= 15 is 0 Å². The molecule has 1 atom stereocenters. The van der Waals surface area contributed by atoms with E-state index in [1.807, 2.05) is 0 Å². The zero-order valence-electron chi connectivity index (χ0n) is 30.7. The summed E-state index contributed by atoms with van der Waals surface area (Å²) in [6.07, 6.45) is 44.0. The fourth-order valence-corrected chi connectivity index (χ4v) is 6.81. The molecule has 1 aliphatic heterocycles. The van der Waals surface area contributed by atoms with Crippen LogP contribution in [0.3, 0.4) is 0 Å². The average molecular weight is 623 g/mol. The molecular weight excluding hydrogens is 540 g/mol.